The van der Waals surface area contributed by atoms with Crippen LogP contribution in [0, 0.1) is 0 Å². The minimum Gasteiger partial charge on any atom is -0.454 e. The molecule has 0 spiro atoms. The fourth-order valence-electron chi connectivity index (χ4n) is 5.70. The monoisotopic (exact) mass is 592 g/mol. The lowest BCUT2D eigenvalue weighted by atomic mass is 9.95. The van der Waals surface area contributed by atoms with Gasteiger partial charge in [-0.25, -0.2) is 0 Å². The molecular weight excluding hydrogens is 564 g/mol. The smallest absolute Gasteiger partial charge is 0.293 e. The van der Waals surface area contributed by atoms with Crippen molar-refractivity contribution in [2.24, 2.45) is 0 Å². The number of nitrogens with zero attached hydrogens (tertiary/aromatic N) is 3. The first kappa shape index (κ1) is 27.2. The maximum Gasteiger partial charge on any atom is 0.293 e. The largest absolute Gasteiger partial charge is 0.454 e. The van der Waals surface area contributed by atoms with Gasteiger partial charge in [0.1, 0.15) is 0 Å². The van der Waals surface area contributed by atoms with Crippen molar-refractivity contribution in [2.75, 3.05) is 26.4 Å². The Labute approximate surface area is 252 Å². The third-order valence-electron chi connectivity index (χ3n) is 7.79. The molecule has 0 unspecified atom stereocenters. The van der Waals surface area contributed by atoms with Gasteiger partial charge in [-0.1, -0.05) is 54.6 Å². The Bertz CT molecular complexity index is 1790. The second-order valence-corrected chi connectivity index (χ2v) is 11.6. The molecule has 3 aromatic carbocycles. The number of nitrogens with one attached hydrogen (secondary N) is 1. The van der Waals surface area contributed by atoms with Gasteiger partial charge in [-0.3, -0.25) is 29.2 Å². The quantitative estimate of drug-likeness (QED) is 0.300. The predicted octanol–water partition coefficient (Wildman–Crippen LogP) is 4.99. The zero-order valence-electron chi connectivity index (χ0n) is 23.2. The van der Waals surface area contributed by atoms with Crippen LogP contribution in [-0.4, -0.2) is 58.3 Å². The zero-order chi connectivity index (χ0) is 29.3. The van der Waals surface area contributed by atoms with Gasteiger partial charge in [0.05, 0.1) is 16.0 Å². The molecule has 1 N–H and O–H groups in total. The van der Waals surface area contributed by atoms with E-state index in [0.29, 0.717) is 28.5 Å². The van der Waals surface area contributed by atoms with Gasteiger partial charge in [0.15, 0.2) is 11.5 Å². The maximum absolute atomic E-state index is 13.7. The second-order valence-electron chi connectivity index (χ2n) is 10.6. The highest BCUT2D eigenvalue weighted by Crippen LogP contribution is 2.36. The molecule has 7 rings (SSSR count). The summed E-state index contributed by atoms with van der Waals surface area (Å²) in [5, 5.41) is 3.40. The van der Waals surface area contributed by atoms with Crippen LogP contribution in [0.5, 0.6) is 11.5 Å². The van der Waals surface area contributed by atoms with E-state index in [1.54, 1.807) is 18.2 Å². The molecule has 1 aromatic heterocycles. The van der Waals surface area contributed by atoms with E-state index < -0.39 is 0 Å². The van der Waals surface area contributed by atoms with E-state index in [1.165, 1.54) is 10.5 Å². The molecule has 0 bridgehead atoms. The number of carbonyl (C=O) groups is 3. The van der Waals surface area contributed by atoms with Crippen LogP contribution in [0.1, 0.15) is 32.7 Å². The van der Waals surface area contributed by atoms with Crippen molar-refractivity contribution in [2.45, 2.75) is 19.5 Å². The predicted molar refractivity (Wildman–Crippen MR) is 164 cm³/mol. The highest BCUT2D eigenvalue weighted by Gasteiger charge is 2.35. The molecule has 0 saturated carbocycles. The summed E-state index contributed by atoms with van der Waals surface area (Å²) in [4.78, 5) is 48.3. The van der Waals surface area contributed by atoms with Crippen LogP contribution in [0.15, 0.2) is 77.7 Å². The van der Waals surface area contributed by atoms with E-state index in [9.17, 15) is 14.4 Å². The van der Waals surface area contributed by atoms with E-state index in [-0.39, 0.29) is 36.9 Å². The molecule has 0 aliphatic carbocycles. The summed E-state index contributed by atoms with van der Waals surface area (Å²) in [6.45, 7) is 2.61. The Morgan fingerprint density at radius 3 is 2.70 bits per heavy atom. The van der Waals surface area contributed by atoms with Gasteiger partial charge in [-0.05, 0) is 47.2 Å². The van der Waals surface area contributed by atoms with Gasteiger partial charge in [-0.15, -0.1) is 0 Å². The standard InChI is InChI=1S/C33H28N4O5S/c38-31(34-13-15-37-32(39)29(43-33(37)40)17-22-10-11-27-28(16-22)42-20-41-27)30-23-8-4-5-9-25(23)35-26-12-14-36(19-24(26)30)18-21-6-2-1-3-7-21/h1-11,16-17H,12-15,18-20H2,(H,34,38)/b29-17+. The Kier molecular flexibility index (Phi) is 7.30. The van der Waals surface area contributed by atoms with Crippen LogP contribution in [0.4, 0.5) is 4.79 Å². The van der Waals surface area contributed by atoms with E-state index in [2.05, 4.69) is 22.3 Å². The summed E-state index contributed by atoms with van der Waals surface area (Å²) in [6.07, 6.45) is 2.42. The van der Waals surface area contributed by atoms with Crippen molar-refractivity contribution in [1.29, 1.82) is 0 Å². The lowest BCUT2D eigenvalue weighted by Crippen LogP contribution is -2.38. The molecule has 4 aromatic rings. The highest BCUT2D eigenvalue weighted by molar-refractivity contribution is 8.18. The van der Waals surface area contributed by atoms with Crippen LogP contribution < -0.4 is 14.8 Å². The number of aromatic nitrogens is 1. The van der Waals surface area contributed by atoms with Crippen molar-refractivity contribution in [3.63, 3.8) is 0 Å². The van der Waals surface area contributed by atoms with Crippen molar-refractivity contribution in [1.82, 2.24) is 20.1 Å². The maximum atomic E-state index is 13.7. The Morgan fingerprint density at radius 2 is 1.81 bits per heavy atom. The number of amides is 3. The van der Waals surface area contributed by atoms with E-state index in [1.807, 2.05) is 48.5 Å². The van der Waals surface area contributed by atoms with Crippen LogP contribution >= 0.6 is 11.8 Å². The molecule has 3 aliphatic heterocycles. The summed E-state index contributed by atoms with van der Waals surface area (Å²) in [6, 6.07) is 23.3. The highest BCUT2D eigenvalue weighted by atomic mass is 32.2. The van der Waals surface area contributed by atoms with Crippen molar-refractivity contribution in [3.8, 4) is 11.5 Å². The minimum absolute atomic E-state index is 0.0697. The summed E-state index contributed by atoms with van der Waals surface area (Å²) in [7, 11) is 0. The first-order valence-corrected chi connectivity index (χ1v) is 14.9. The summed E-state index contributed by atoms with van der Waals surface area (Å²) in [5.74, 6) is 0.627. The lowest BCUT2D eigenvalue weighted by molar-refractivity contribution is -0.122. The Hall–Kier alpha value is -4.67. The minimum atomic E-state index is -0.384. The second kappa shape index (κ2) is 11.5. The van der Waals surface area contributed by atoms with Crippen LogP contribution in [-0.2, 0) is 24.3 Å². The third kappa shape index (κ3) is 5.47. The first-order valence-electron chi connectivity index (χ1n) is 14.1. The molecule has 3 aliphatic rings. The Morgan fingerprint density at radius 1 is 1.00 bits per heavy atom. The number of fused-ring (bicyclic) bond motifs is 3. The average molecular weight is 593 g/mol. The fourth-order valence-corrected chi connectivity index (χ4v) is 6.56. The number of hydrogen-bond donors (Lipinski definition) is 1. The third-order valence-corrected chi connectivity index (χ3v) is 8.70. The average Bonchev–Trinajstić information content (AvgIpc) is 3.59. The van der Waals surface area contributed by atoms with Crippen LogP contribution in [0.2, 0.25) is 0 Å². The zero-order valence-corrected chi connectivity index (χ0v) is 24.1. The molecule has 0 atom stereocenters. The van der Waals surface area contributed by atoms with Gasteiger partial charge >= 0.3 is 0 Å². The SMILES string of the molecule is O=C(NCCN1C(=O)S/C(=C/c2ccc3c(c2)OCO3)C1=O)c1c2c(nc3ccccc13)CCN(Cc1ccccc1)C2. The molecule has 1 saturated heterocycles. The number of imide groups is 1. The summed E-state index contributed by atoms with van der Waals surface area (Å²) in [5.41, 5.74) is 5.20. The van der Waals surface area contributed by atoms with Gasteiger partial charge in [0.2, 0.25) is 6.79 Å². The lowest BCUT2D eigenvalue weighted by Gasteiger charge is -2.30. The molecule has 216 valence electrons. The van der Waals surface area contributed by atoms with Gasteiger partial charge in [-0.2, -0.15) is 0 Å². The van der Waals surface area contributed by atoms with Crippen molar-refractivity contribution in [3.05, 3.63) is 106 Å². The van der Waals surface area contributed by atoms with Crippen LogP contribution in [0.3, 0.4) is 0 Å². The molecule has 1 fully saturated rings. The molecule has 9 nitrogen and oxygen atoms in total. The van der Waals surface area contributed by atoms with E-state index in [4.69, 9.17) is 14.5 Å². The molecule has 3 amide bonds. The molecule has 4 heterocycles. The van der Waals surface area contributed by atoms with Crippen molar-refractivity contribution < 1.29 is 23.9 Å². The van der Waals surface area contributed by atoms with Gasteiger partial charge in [0, 0.05) is 55.8 Å². The number of ether oxygens (including phenoxy) is 2. The van der Waals surface area contributed by atoms with E-state index >= 15 is 0 Å². The van der Waals surface area contributed by atoms with Gasteiger partial charge < -0.3 is 14.8 Å². The number of para-hydroxylation sites is 1. The number of thioether (sulfide) groups is 1. The van der Waals surface area contributed by atoms with Crippen LogP contribution in [0.25, 0.3) is 17.0 Å². The molecule has 0 radical (unpaired) electrons. The fraction of sp³-hybridized carbons (Fsp3) is 0.212. The van der Waals surface area contributed by atoms with E-state index in [0.717, 1.165) is 59.0 Å². The molecule has 10 heteroatoms. The molecular formula is C33H28N4O5S. The first-order chi connectivity index (χ1) is 21.0. The number of pyridine rings is 1. The summed E-state index contributed by atoms with van der Waals surface area (Å²) >= 11 is 0.886. The summed E-state index contributed by atoms with van der Waals surface area (Å²) < 4.78 is 10.8. The number of rotatable bonds is 7. The normalized spacial score (nSPS) is 17.1. The molecule has 43 heavy (non-hydrogen) atoms. The Balaban J connectivity index is 1.06. The topological polar surface area (TPSA) is 101 Å². The number of hydrogen-bond acceptors (Lipinski definition) is 8. The van der Waals surface area contributed by atoms with Gasteiger partial charge in [0.25, 0.3) is 17.1 Å². The van der Waals surface area contributed by atoms with Crippen molar-refractivity contribution >= 4 is 45.8 Å². The number of benzene rings is 3. The number of carbonyl (C=O) groups excluding carboxylic acids is 3.